The molecule has 9 heteroatoms. The Morgan fingerprint density at radius 2 is 1.95 bits per heavy atom. The number of carbonyl (C=O) groups excluding carboxylic acids is 1. The number of halogens is 2. The monoisotopic (exact) mass is 322 g/mol. The minimum atomic E-state index is -4.39. The minimum absolute atomic E-state index is 0.272. The zero-order valence-electron chi connectivity index (χ0n) is 11.6. The van der Waals surface area contributed by atoms with Gasteiger partial charge in [0.25, 0.3) is 5.91 Å². The summed E-state index contributed by atoms with van der Waals surface area (Å²) in [5.41, 5.74) is -0.555. The average Bonchev–Trinajstić information content (AvgIpc) is 2.36. The molecular formula is C12H16F2N2O4S. The SMILES string of the molecule is COCCCN(C)C(=O)c1cc(S(N)(=O)=O)c(F)cc1F. The van der Waals surface area contributed by atoms with Crippen LogP contribution in [0.3, 0.4) is 0 Å². The maximum absolute atomic E-state index is 13.7. The van der Waals surface area contributed by atoms with Crippen LogP contribution in [-0.4, -0.2) is 46.5 Å². The highest BCUT2D eigenvalue weighted by atomic mass is 32.2. The number of amides is 1. The molecule has 0 aliphatic carbocycles. The van der Waals surface area contributed by atoms with Crippen molar-refractivity contribution < 1.29 is 26.7 Å². The predicted octanol–water partition coefficient (Wildman–Crippen LogP) is 0.721. The third-order valence-corrected chi connectivity index (χ3v) is 3.67. The molecule has 0 saturated carbocycles. The second kappa shape index (κ2) is 6.92. The second-order valence-corrected chi connectivity index (χ2v) is 5.91. The van der Waals surface area contributed by atoms with Crippen LogP contribution in [0, 0.1) is 11.6 Å². The molecule has 1 amide bonds. The standard InChI is InChI=1S/C12H16F2N2O4S/c1-16(4-3-5-20-2)12(17)8-6-11(21(15,18)19)10(14)7-9(8)13/h6-7H,3-5H2,1-2H3,(H2,15,18,19). The number of methoxy groups -OCH3 is 1. The predicted molar refractivity (Wildman–Crippen MR) is 71.2 cm³/mol. The lowest BCUT2D eigenvalue weighted by Crippen LogP contribution is -2.29. The normalized spacial score (nSPS) is 11.5. The van der Waals surface area contributed by atoms with E-state index in [-0.39, 0.29) is 6.54 Å². The van der Waals surface area contributed by atoms with E-state index in [4.69, 9.17) is 9.88 Å². The van der Waals surface area contributed by atoms with Crippen molar-refractivity contribution in [2.45, 2.75) is 11.3 Å². The Kier molecular flexibility index (Phi) is 5.76. The molecule has 0 aliphatic heterocycles. The number of benzene rings is 1. The molecule has 1 rings (SSSR count). The molecule has 0 unspecified atom stereocenters. The number of primary sulfonamides is 1. The summed E-state index contributed by atoms with van der Waals surface area (Å²) in [5.74, 6) is -3.26. The summed E-state index contributed by atoms with van der Waals surface area (Å²) in [6.07, 6.45) is 0.517. The molecule has 2 N–H and O–H groups in total. The van der Waals surface area contributed by atoms with Gasteiger partial charge in [0.1, 0.15) is 16.5 Å². The molecule has 1 aromatic rings. The van der Waals surface area contributed by atoms with Gasteiger partial charge in [-0.2, -0.15) is 0 Å². The molecule has 0 aliphatic rings. The maximum Gasteiger partial charge on any atom is 0.256 e. The number of nitrogens with zero attached hydrogens (tertiary/aromatic N) is 1. The quantitative estimate of drug-likeness (QED) is 0.782. The number of carbonyl (C=O) groups is 1. The molecular weight excluding hydrogens is 306 g/mol. The van der Waals surface area contributed by atoms with Crippen LogP contribution in [0.2, 0.25) is 0 Å². The zero-order chi connectivity index (χ0) is 16.2. The van der Waals surface area contributed by atoms with Crippen LogP contribution in [0.25, 0.3) is 0 Å². The number of ether oxygens (including phenoxy) is 1. The first-order chi connectivity index (χ1) is 9.68. The molecule has 0 aromatic heterocycles. The van der Waals surface area contributed by atoms with Crippen molar-refractivity contribution in [3.05, 3.63) is 29.3 Å². The fourth-order valence-corrected chi connectivity index (χ4v) is 2.28. The van der Waals surface area contributed by atoms with Crippen LogP contribution < -0.4 is 5.14 Å². The molecule has 0 radical (unpaired) electrons. The third-order valence-electron chi connectivity index (χ3n) is 2.75. The number of hydrogen-bond donors (Lipinski definition) is 1. The topological polar surface area (TPSA) is 89.7 Å². The minimum Gasteiger partial charge on any atom is -0.385 e. The molecule has 6 nitrogen and oxygen atoms in total. The lowest BCUT2D eigenvalue weighted by Gasteiger charge is -2.17. The third kappa shape index (κ3) is 4.45. The molecule has 0 heterocycles. The first-order valence-electron chi connectivity index (χ1n) is 5.94. The Morgan fingerprint density at radius 1 is 1.33 bits per heavy atom. The van der Waals surface area contributed by atoms with Gasteiger partial charge in [-0.25, -0.2) is 22.3 Å². The van der Waals surface area contributed by atoms with Crippen LogP contribution in [-0.2, 0) is 14.8 Å². The number of nitrogens with two attached hydrogens (primary N) is 1. The van der Waals surface area contributed by atoms with Gasteiger partial charge in [-0.3, -0.25) is 4.79 Å². The fraction of sp³-hybridized carbons (Fsp3) is 0.417. The van der Waals surface area contributed by atoms with E-state index in [1.54, 1.807) is 0 Å². The van der Waals surface area contributed by atoms with Gasteiger partial charge >= 0.3 is 0 Å². The van der Waals surface area contributed by atoms with Gasteiger partial charge in [0.15, 0.2) is 0 Å². The highest BCUT2D eigenvalue weighted by molar-refractivity contribution is 7.89. The van der Waals surface area contributed by atoms with E-state index in [1.165, 1.54) is 19.1 Å². The summed E-state index contributed by atoms with van der Waals surface area (Å²) in [6.45, 7) is 0.681. The summed E-state index contributed by atoms with van der Waals surface area (Å²) >= 11 is 0. The smallest absolute Gasteiger partial charge is 0.256 e. The highest BCUT2D eigenvalue weighted by Gasteiger charge is 2.23. The summed E-state index contributed by atoms with van der Waals surface area (Å²) < 4.78 is 54.3. The van der Waals surface area contributed by atoms with Crippen LogP contribution in [0.4, 0.5) is 8.78 Å². The summed E-state index contributed by atoms with van der Waals surface area (Å²) in [7, 11) is -1.47. The first kappa shape index (κ1) is 17.5. The van der Waals surface area contributed by atoms with Gasteiger partial charge in [-0.1, -0.05) is 0 Å². The number of rotatable bonds is 6. The van der Waals surface area contributed by atoms with Gasteiger partial charge in [0, 0.05) is 33.4 Å². The second-order valence-electron chi connectivity index (χ2n) is 4.38. The summed E-state index contributed by atoms with van der Waals surface area (Å²) in [4.78, 5) is 12.3. The molecule has 0 spiro atoms. The molecule has 118 valence electrons. The largest absolute Gasteiger partial charge is 0.385 e. The number of hydrogen-bond acceptors (Lipinski definition) is 4. The summed E-state index contributed by atoms with van der Waals surface area (Å²) in [6, 6.07) is 0.936. The van der Waals surface area contributed by atoms with E-state index in [0.29, 0.717) is 25.2 Å². The van der Waals surface area contributed by atoms with Crippen molar-refractivity contribution in [2.24, 2.45) is 5.14 Å². The van der Waals surface area contributed by atoms with E-state index in [9.17, 15) is 22.0 Å². The maximum atomic E-state index is 13.7. The van der Waals surface area contributed by atoms with E-state index < -0.39 is 38.0 Å². The van der Waals surface area contributed by atoms with Crippen molar-refractivity contribution in [1.29, 1.82) is 0 Å². The Hall–Kier alpha value is -1.58. The molecule has 21 heavy (non-hydrogen) atoms. The van der Waals surface area contributed by atoms with Crippen molar-refractivity contribution in [1.82, 2.24) is 4.90 Å². The lowest BCUT2D eigenvalue weighted by atomic mass is 10.2. The zero-order valence-corrected chi connectivity index (χ0v) is 12.4. The fourth-order valence-electron chi connectivity index (χ4n) is 1.66. The van der Waals surface area contributed by atoms with Gasteiger partial charge in [0.2, 0.25) is 10.0 Å². The Bertz CT molecular complexity index is 634. The molecule has 0 saturated heterocycles. The molecule has 0 bridgehead atoms. The van der Waals surface area contributed by atoms with Crippen LogP contribution in [0.15, 0.2) is 17.0 Å². The Balaban J connectivity index is 3.10. The van der Waals surface area contributed by atoms with Gasteiger partial charge in [-0.05, 0) is 12.5 Å². The molecule has 1 aromatic carbocycles. The lowest BCUT2D eigenvalue weighted by molar-refractivity contribution is 0.0774. The van der Waals surface area contributed by atoms with Crippen molar-refractivity contribution >= 4 is 15.9 Å². The van der Waals surface area contributed by atoms with E-state index in [1.807, 2.05) is 0 Å². The van der Waals surface area contributed by atoms with Crippen molar-refractivity contribution in [3.63, 3.8) is 0 Å². The van der Waals surface area contributed by atoms with E-state index in [0.717, 1.165) is 0 Å². The van der Waals surface area contributed by atoms with Crippen LogP contribution >= 0.6 is 0 Å². The average molecular weight is 322 g/mol. The molecule has 0 fully saturated rings. The number of sulfonamides is 1. The van der Waals surface area contributed by atoms with Gasteiger partial charge in [0.05, 0.1) is 5.56 Å². The Morgan fingerprint density at radius 3 is 2.48 bits per heavy atom. The van der Waals surface area contributed by atoms with E-state index in [2.05, 4.69) is 0 Å². The Labute approximate surface area is 121 Å². The molecule has 0 atom stereocenters. The van der Waals surface area contributed by atoms with Crippen LogP contribution in [0.1, 0.15) is 16.8 Å². The van der Waals surface area contributed by atoms with Gasteiger partial charge in [-0.15, -0.1) is 0 Å². The van der Waals surface area contributed by atoms with Crippen LogP contribution in [0.5, 0.6) is 0 Å². The summed E-state index contributed by atoms with van der Waals surface area (Å²) in [5, 5.41) is 4.82. The first-order valence-corrected chi connectivity index (χ1v) is 7.49. The van der Waals surface area contributed by atoms with Crippen molar-refractivity contribution in [3.8, 4) is 0 Å². The van der Waals surface area contributed by atoms with E-state index >= 15 is 0 Å². The highest BCUT2D eigenvalue weighted by Crippen LogP contribution is 2.19. The van der Waals surface area contributed by atoms with Gasteiger partial charge < -0.3 is 9.64 Å². The van der Waals surface area contributed by atoms with Crippen molar-refractivity contribution in [2.75, 3.05) is 27.3 Å².